The second-order valence-corrected chi connectivity index (χ2v) is 9.74. The normalized spacial score (nSPS) is 40.5. The largest absolute Gasteiger partial charge is 0.462 e. The molecule has 0 spiro atoms. The summed E-state index contributed by atoms with van der Waals surface area (Å²) in [5, 5.41) is 0. The van der Waals surface area contributed by atoms with E-state index in [0.29, 0.717) is 6.42 Å². The van der Waals surface area contributed by atoms with Crippen molar-refractivity contribution in [3.8, 4) is 0 Å². The molecule has 0 aliphatic heterocycles. The van der Waals surface area contributed by atoms with Gasteiger partial charge in [0.1, 0.15) is 12.3 Å². The van der Waals surface area contributed by atoms with Crippen LogP contribution in [0.4, 0.5) is 4.39 Å². The fourth-order valence-electron chi connectivity index (χ4n) is 6.10. The summed E-state index contributed by atoms with van der Waals surface area (Å²) in [4.78, 5) is 12.6. The second-order valence-electron chi connectivity index (χ2n) is 9.74. The third-order valence-electron chi connectivity index (χ3n) is 8.04. The molecule has 3 unspecified atom stereocenters. The standard InChI is InChI=1S/C24H41FO2/c1-3-5-20-14-15-22(16-23(20)25)27-24(26)21-12-10-19(11-13-21)18-8-6-17(4-2)7-9-18/h17-23H,3-16H2,1-2H3. The van der Waals surface area contributed by atoms with Crippen molar-refractivity contribution in [2.24, 2.45) is 29.6 Å². The molecule has 0 bridgehead atoms. The topological polar surface area (TPSA) is 26.3 Å². The Hall–Kier alpha value is -0.600. The van der Waals surface area contributed by atoms with Crippen molar-refractivity contribution in [3.63, 3.8) is 0 Å². The number of rotatable bonds is 6. The Labute approximate surface area is 166 Å². The minimum atomic E-state index is -0.787. The third kappa shape index (κ3) is 5.70. The summed E-state index contributed by atoms with van der Waals surface area (Å²) in [6.07, 6.45) is 14.5. The molecule has 0 heterocycles. The number of hydrogen-bond acceptors (Lipinski definition) is 2. The van der Waals surface area contributed by atoms with Gasteiger partial charge in [-0.2, -0.15) is 0 Å². The van der Waals surface area contributed by atoms with Crippen molar-refractivity contribution >= 4 is 5.97 Å². The average Bonchev–Trinajstić information content (AvgIpc) is 2.70. The molecule has 0 amide bonds. The third-order valence-corrected chi connectivity index (χ3v) is 8.04. The summed E-state index contributed by atoms with van der Waals surface area (Å²) >= 11 is 0. The lowest BCUT2D eigenvalue weighted by Crippen LogP contribution is -2.35. The number of carbonyl (C=O) groups is 1. The lowest BCUT2D eigenvalue weighted by atomic mass is 9.69. The van der Waals surface area contributed by atoms with Gasteiger partial charge in [0.2, 0.25) is 0 Å². The summed E-state index contributed by atoms with van der Waals surface area (Å²) in [6, 6.07) is 0. The highest BCUT2D eigenvalue weighted by Gasteiger charge is 2.36. The van der Waals surface area contributed by atoms with E-state index in [2.05, 4.69) is 13.8 Å². The van der Waals surface area contributed by atoms with Gasteiger partial charge in [-0.15, -0.1) is 0 Å². The summed E-state index contributed by atoms with van der Waals surface area (Å²) in [6.45, 7) is 4.44. The summed E-state index contributed by atoms with van der Waals surface area (Å²) in [5.74, 6) is 2.90. The van der Waals surface area contributed by atoms with Crippen molar-refractivity contribution in [1.29, 1.82) is 0 Å². The Kier molecular flexibility index (Phi) is 8.02. The fraction of sp³-hybridized carbons (Fsp3) is 0.958. The van der Waals surface area contributed by atoms with E-state index in [-0.39, 0.29) is 23.9 Å². The average molecular weight is 381 g/mol. The Morgan fingerprint density at radius 1 is 0.889 bits per heavy atom. The molecule has 27 heavy (non-hydrogen) atoms. The van der Waals surface area contributed by atoms with Crippen LogP contribution in [-0.4, -0.2) is 18.2 Å². The van der Waals surface area contributed by atoms with Crippen LogP contribution in [0.15, 0.2) is 0 Å². The molecule has 0 aromatic heterocycles. The smallest absolute Gasteiger partial charge is 0.309 e. The molecule has 3 aliphatic rings. The quantitative estimate of drug-likeness (QED) is 0.470. The highest BCUT2D eigenvalue weighted by molar-refractivity contribution is 5.72. The van der Waals surface area contributed by atoms with Gasteiger partial charge in [0.05, 0.1) is 5.92 Å². The molecular formula is C24H41FO2. The molecule has 0 saturated heterocycles. The molecular weight excluding hydrogens is 339 g/mol. The highest BCUT2D eigenvalue weighted by Crippen LogP contribution is 2.42. The van der Waals surface area contributed by atoms with Crippen LogP contribution in [0, 0.1) is 29.6 Å². The molecule has 2 nitrogen and oxygen atoms in total. The van der Waals surface area contributed by atoms with Crippen molar-refractivity contribution in [3.05, 3.63) is 0 Å². The van der Waals surface area contributed by atoms with Crippen LogP contribution >= 0.6 is 0 Å². The maximum Gasteiger partial charge on any atom is 0.309 e. The number of ether oxygens (including phenoxy) is 1. The Morgan fingerprint density at radius 3 is 2.07 bits per heavy atom. The van der Waals surface area contributed by atoms with E-state index in [1.165, 1.54) is 44.9 Å². The van der Waals surface area contributed by atoms with Crippen molar-refractivity contribution < 1.29 is 13.9 Å². The molecule has 3 aliphatic carbocycles. The zero-order valence-corrected chi connectivity index (χ0v) is 17.6. The van der Waals surface area contributed by atoms with Crippen molar-refractivity contribution in [2.75, 3.05) is 0 Å². The Bertz CT molecular complexity index is 449. The first-order chi connectivity index (χ1) is 13.1. The lowest BCUT2D eigenvalue weighted by Gasteiger charge is -2.38. The number of esters is 1. The summed E-state index contributed by atoms with van der Waals surface area (Å²) in [7, 11) is 0. The van der Waals surface area contributed by atoms with E-state index in [4.69, 9.17) is 4.74 Å². The first kappa shape index (κ1) is 21.1. The first-order valence-corrected chi connectivity index (χ1v) is 11.9. The minimum absolute atomic E-state index is 0.0331. The molecule has 0 N–H and O–H groups in total. The van der Waals surface area contributed by atoms with E-state index >= 15 is 0 Å². The Balaban J connectivity index is 1.38. The molecule has 3 heteroatoms. The van der Waals surface area contributed by atoms with Gasteiger partial charge in [-0.25, -0.2) is 4.39 Å². The number of alkyl halides is 1. The predicted molar refractivity (Wildman–Crippen MR) is 108 cm³/mol. The van der Waals surface area contributed by atoms with Crippen LogP contribution in [0.3, 0.4) is 0 Å². The van der Waals surface area contributed by atoms with Gasteiger partial charge >= 0.3 is 5.97 Å². The van der Waals surface area contributed by atoms with Gasteiger partial charge < -0.3 is 4.74 Å². The van der Waals surface area contributed by atoms with Gasteiger partial charge in [0, 0.05) is 6.42 Å². The monoisotopic (exact) mass is 380 g/mol. The SMILES string of the molecule is CCCC1CCC(OC(=O)C2CCC(C3CCC(CC)CC3)CC2)CC1F. The van der Waals surface area contributed by atoms with E-state index < -0.39 is 6.17 Å². The number of carbonyl (C=O) groups excluding carboxylic acids is 1. The van der Waals surface area contributed by atoms with Crippen LogP contribution in [0.25, 0.3) is 0 Å². The zero-order valence-electron chi connectivity index (χ0n) is 17.6. The first-order valence-electron chi connectivity index (χ1n) is 11.9. The van der Waals surface area contributed by atoms with Gasteiger partial charge in [-0.1, -0.05) is 39.5 Å². The van der Waals surface area contributed by atoms with Crippen LogP contribution < -0.4 is 0 Å². The van der Waals surface area contributed by atoms with E-state index in [9.17, 15) is 9.18 Å². The van der Waals surface area contributed by atoms with Crippen LogP contribution in [0.1, 0.15) is 104 Å². The molecule has 0 aromatic carbocycles. The maximum absolute atomic E-state index is 14.3. The summed E-state index contributed by atoms with van der Waals surface area (Å²) < 4.78 is 20.1. The van der Waals surface area contributed by atoms with Gasteiger partial charge in [0.15, 0.2) is 0 Å². The maximum atomic E-state index is 14.3. The number of hydrogen-bond donors (Lipinski definition) is 0. The van der Waals surface area contributed by atoms with Crippen molar-refractivity contribution in [1.82, 2.24) is 0 Å². The van der Waals surface area contributed by atoms with Crippen molar-refractivity contribution in [2.45, 2.75) is 116 Å². The van der Waals surface area contributed by atoms with Crippen LogP contribution in [0.5, 0.6) is 0 Å². The molecule has 3 atom stereocenters. The number of halogens is 1. The molecule has 3 fully saturated rings. The van der Waals surface area contributed by atoms with E-state index in [1.807, 2.05) is 0 Å². The Morgan fingerprint density at radius 2 is 1.52 bits per heavy atom. The van der Waals surface area contributed by atoms with E-state index in [1.54, 1.807) is 0 Å². The second kappa shape index (κ2) is 10.3. The van der Waals surface area contributed by atoms with Crippen LogP contribution in [-0.2, 0) is 9.53 Å². The predicted octanol–water partition coefficient (Wildman–Crippen LogP) is 6.86. The van der Waals surface area contributed by atoms with Gasteiger partial charge in [-0.05, 0) is 81.5 Å². The molecule has 0 aromatic rings. The minimum Gasteiger partial charge on any atom is -0.462 e. The van der Waals surface area contributed by atoms with Gasteiger partial charge in [-0.3, -0.25) is 4.79 Å². The fourth-order valence-corrected chi connectivity index (χ4v) is 6.10. The molecule has 156 valence electrons. The highest BCUT2D eigenvalue weighted by atomic mass is 19.1. The van der Waals surface area contributed by atoms with Crippen LogP contribution in [0.2, 0.25) is 0 Å². The molecule has 3 saturated carbocycles. The molecule has 3 rings (SSSR count). The summed E-state index contributed by atoms with van der Waals surface area (Å²) in [5.41, 5.74) is 0. The lowest BCUT2D eigenvalue weighted by molar-refractivity contribution is -0.159. The molecule has 0 radical (unpaired) electrons. The van der Waals surface area contributed by atoms with E-state index in [0.717, 1.165) is 56.3 Å². The zero-order chi connectivity index (χ0) is 19.2. The van der Waals surface area contributed by atoms with Gasteiger partial charge in [0.25, 0.3) is 0 Å².